The van der Waals surface area contributed by atoms with Crippen LogP contribution in [0.5, 0.6) is 0 Å². The van der Waals surface area contributed by atoms with Crippen molar-refractivity contribution in [2.75, 3.05) is 38.2 Å². The maximum absolute atomic E-state index is 12.0. The lowest BCUT2D eigenvalue weighted by atomic mass is 9.94. The van der Waals surface area contributed by atoms with Gasteiger partial charge in [-0.2, -0.15) is 0 Å². The normalized spacial score (nSPS) is 19.5. The van der Waals surface area contributed by atoms with E-state index in [-0.39, 0.29) is 0 Å². The summed E-state index contributed by atoms with van der Waals surface area (Å²) in [5.74, 6) is 0. The van der Waals surface area contributed by atoms with E-state index in [2.05, 4.69) is 33.8 Å². The number of hydrogen-bond acceptors (Lipinski definition) is 5. The number of nitrogens with zero attached hydrogens (tertiary/aromatic N) is 1. The van der Waals surface area contributed by atoms with Crippen LogP contribution in [0.4, 0.5) is 10.5 Å². The Balaban J connectivity index is 1.42. The van der Waals surface area contributed by atoms with Crippen LogP contribution in [0.25, 0.3) is 15.7 Å². The third-order valence-corrected chi connectivity index (χ3v) is 6.53. The van der Waals surface area contributed by atoms with E-state index >= 15 is 0 Å². The predicted molar refractivity (Wildman–Crippen MR) is 115 cm³/mol. The van der Waals surface area contributed by atoms with Crippen LogP contribution in [0.15, 0.2) is 29.7 Å². The molecule has 6 heteroatoms. The number of anilines is 1. The first kappa shape index (κ1) is 19.4. The summed E-state index contributed by atoms with van der Waals surface area (Å²) >= 11 is 1.77. The molecule has 1 fully saturated rings. The minimum atomic E-state index is -0.411. The standard InChI is InChI=1S/C22H28N2O3S/c1-2-26-11-4-12-27-22(25)23-17-6-7-21-19(14-17)20(15-28-21)16-8-10-24-9-3-5-18(24)13-16/h6-8,14-15,18H,2-5,9-13H2,1H3,(H,23,25). The zero-order valence-electron chi connectivity index (χ0n) is 16.4. The quantitative estimate of drug-likeness (QED) is 0.655. The smallest absolute Gasteiger partial charge is 0.411 e. The lowest BCUT2D eigenvalue weighted by molar-refractivity contribution is 0.113. The van der Waals surface area contributed by atoms with Crippen molar-refractivity contribution in [3.05, 3.63) is 35.2 Å². The fourth-order valence-electron chi connectivity index (χ4n) is 4.13. The Morgan fingerprint density at radius 2 is 2.29 bits per heavy atom. The van der Waals surface area contributed by atoms with Gasteiger partial charge in [-0.1, -0.05) is 6.08 Å². The highest BCUT2D eigenvalue weighted by atomic mass is 32.1. The molecule has 1 aromatic carbocycles. The molecule has 0 aliphatic carbocycles. The van der Waals surface area contributed by atoms with E-state index in [4.69, 9.17) is 9.47 Å². The number of ether oxygens (including phenoxy) is 2. The second kappa shape index (κ2) is 9.07. The molecule has 1 unspecified atom stereocenters. The van der Waals surface area contributed by atoms with Gasteiger partial charge in [-0.05, 0) is 67.4 Å². The first-order valence-corrected chi connectivity index (χ1v) is 11.1. The van der Waals surface area contributed by atoms with E-state index in [1.165, 1.54) is 40.6 Å². The van der Waals surface area contributed by atoms with Crippen molar-refractivity contribution in [1.82, 2.24) is 4.90 Å². The number of nitrogens with one attached hydrogen (secondary N) is 1. The molecule has 2 aromatic rings. The molecule has 2 aliphatic heterocycles. The molecule has 4 rings (SSSR count). The topological polar surface area (TPSA) is 50.8 Å². The summed E-state index contributed by atoms with van der Waals surface area (Å²) in [6.07, 6.45) is 6.44. The van der Waals surface area contributed by atoms with Crippen molar-refractivity contribution < 1.29 is 14.3 Å². The van der Waals surface area contributed by atoms with E-state index in [0.29, 0.717) is 32.3 Å². The largest absolute Gasteiger partial charge is 0.449 e. The fourth-order valence-corrected chi connectivity index (χ4v) is 5.10. The van der Waals surface area contributed by atoms with E-state index < -0.39 is 6.09 Å². The van der Waals surface area contributed by atoms with Crippen LogP contribution >= 0.6 is 11.3 Å². The van der Waals surface area contributed by atoms with Crippen molar-refractivity contribution >= 4 is 38.8 Å². The molecular formula is C22H28N2O3S. The zero-order valence-corrected chi connectivity index (χ0v) is 17.2. The molecule has 0 saturated carbocycles. The van der Waals surface area contributed by atoms with E-state index in [1.54, 1.807) is 11.3 Å². The Kier molecular flexibility index (Phi) is 6.29. The molecule has 0 spiro atoms. The predicted octanol–water partition coefficient (Wildman–Crippen LogP) is 5.13. The number of thiophene rings is 1. The maximum Gasteiger partial charge on any atom is 0.411 e. The van der Waals surface area contributed by atoms with Crippen LogP contribution in [0.2, 0.25) is 0 Å². The average Bonchev–Trinajstić information content (AvgIpc) is 3.33. The molecule has 1 amide bonds. The monoisotopic (exact) mass is 400 g/mol. The van der Waals surface area contributed by atoms with Gasteiger partial charge in [0.1, 0.15) is 0 Å². The lowest BCUT2D eigenvalue weighted by Crippen LogP contribution is -2.32. The van der Waals surface area contributed by atoms with Gasteiger partial charge >= 0.3 is 6.09 Å². The third-order valence-electron chi connectivity index (χ3n) is 5.56. The number of carbonyl (C=O) groups excluding carboxylic acids is 1. The van der Waals surface area contributed by atoms with Gasteiger partial charge in [-0.25, -0.2) is 4.79 Å². The number of hydrogen-bond donors (Lipinski definition) is 1. The second-order valence-electron chi connectivity index (χ2n) is 7.40. The first-order valence-electron chi connectivity index (χ1n) is 10.2. The fraction of sp³-hybridized carbons (Fsp3) is 0.500. The van der Waals surface area contributed by atoms with Crippen LogP contribution in [-0.2, 0) is 9.47 Å². The lowest BCUT2D eigenvalue weighted by Gasteiger charge is -2.29. The number of carbonyl (C=O) groups is 1. The molecule has 1 saturated heterocycles. The van der Waals surface area contributed by atoms with E-state index in [1.807, 2.05) is 13.0 Å². The molecule has 3 heterocycles. The Bertz CT molecular complexity index is 861. The van der Waals surface area contributed by atoms with Gasteiger partial charge in [-0.3, -0.25) is 10.2 Å². The molecule has 5 nitrogen and oxygen atoms in total. The van der Waals surface area contributed by atoms with Crippen LogP contribution in [0.3, 0.4) is 0 Å². The van der Waals surface area contributed by atoms with Crippen molar-refractivity contribution in [2.24, 2.45) is 0 Å². The second-order valence-corrected chi connectivity index (χ2v) is 8.31. The highest BCUT2D eigenvalue weighted by Gasteiger charge is 2.28. The number of fused-ring (bicyclic) bond motifs is 2. The van der Waals surface area contributed by atoms with Gasteiger partial charge in [0.25, 0.3) is 0 Å². The zero-order chi connectivity index (χ0) is 19.3. The third kappa shape index (κ3) is 4.40. The maximum atomic E-state index is 12.0. The summed E-state index contributed by atoms with van der Waals surface area (Å²) in [4.78, 5) is 14.6. The summed E-state index contributed by atoms with van der Waals surface area (Å²) < 4.78 is 11.7. The first-order chi connectivity index (χ1) is 13.7. The minimum absolute atomic E-state index is 0.364. The Labute approximate surface area is 170 Å². The summed E-state index contributed by atoms with van der Waals surface area (Å²) in [5, 5.41) is 6.34. The highest BCUT2D eigenvalue weighted by Crippen LogP contribution is 2.38. The molecular weight excluding hydrogens is 372 g/mol. The van der Waals surface area contributed by atoms with Crippen molar-refractivity contribution in [3.8, 4) is 0 Å². The van der Waals surface area contributed by atoms with Gasteiger partial charge in [0.05, 0.1) is 6.61 Å². The molecule has 2 aliphatic rings. The SMILES string of the molecule is CCOCCCOC(=O)Nc1ccc2scc(C3=CCN4CCCC4C3)c2c1. The van der Waals surface area contributed by atoms with E-state index in [9.17, 15) is 4.79 Å². The number of amides is 1. The molecule has 0 radical (unpaired) electrons. The molecule has 1 atom stereocenters. The van der Waals surface area contributed by atoms with Crippen LogP contribution in [0, 0.1) is 0 Å². The van der Waals surface area contributed by atoms with Gasteiger partial charge < -0.3 is 9.47 Å². The highest BCUT2D eigenvalue weighted by molar-refractivity contribution is 7.17. The number of benzene rings is 1. The Morgan fingerprint density at radius 3 is 3.18 bits per heavy atom. The van der Waals surface area contributed by atoms with Crippen molar-refractivity contribution in [3.63, 3.8) is 0 Å². The summed E-state index contributed by atoms with van der Waals surface area (Å²) in [5.41, 5.74) is 3.55. The molecule has 1 N–H and O–H groups in total. The van der Waals surface area contributed by atoms with Gasteiger partial charge in [-0.15, -0.1) is 11.3 Å². The summed E-state index contributed by atoms with van der Waals surface area (Å²) in [6.45, 7) is 5.91. The molecule has 28 heavy (non-hydrogen) atoms. The van der Waals surface area contributed by atoms with Crippen LogP contribution in [-0.4, -0.2) is 49.9 Å². The number of rotatable bonds is 7. The van der Waals surface area contributed by atoms with E-state index in [0.717, 1.165) is 18.7 Å². The van der Waals surface area contributed by atoms with Crippen LogP contribution in [0.1, 0.15) is 38.2 Å². The summed E-state index contributed by atoms with van der Waals surface area (Å²) in [6, 6.07) is 6.80. The van der Waals surface area contributed by atoms with Gasteiger partial charge in [0, 0.05) is 48.0 Å². The molecule has 0 bridgehead atoms. The minimum Gasteiger partial charge on any atom is -0.449 e. The summed E-state index contributed by atoms with van der Waals surface area (Å²) in [7, 11) is 0. The van der Waals surface area contributed by atoms with Crippen molar-refractivity contribution in [1.29, 1.82) is 0 Å². The molecule has 1 aromatic heterocycles. The van der Waals surface area contributed by atoms with Gasteiger partial charge in [0.15, 0.2) is 0 Å². The van der Waals surface area contributed by atoms with Crippen LogP contribution < -0.4 is 5.32 Å². The van der Waals surface area contributed by atoms with Gasteiger partial charge in [0.2, 0.25) is 0 Å². The Morgan fingerprint density at radius 1 is 1.36 bits per heavy atom. The van der Waals surface area contributed by atoms with Crippen molar-refractivity contribution in [2.45, 2.75) is 38.6 Å². The Hall–Kier alpha value is -1.89. The average molecular weight is 401 g/mol. The molecule has 150 valence electrons.